The molecule has 0 aliphatic heterocycles. The lowest BCUT2D eigenvalue weighted by molar-refractivity contribution is 0.107. The minimum Gasteiger partial charge on any atom is -0.274 e. The smallest absolute Gasteiger partial charge is 0.270 e. The van der Waals surface area contributed by atoms with Crippen LogP contribution in [0.1, 0.15) is 22.5 Å². The molecule has 0 aliphatic carbocycles. The predicted molar refractivity (Wildman–Crippen MR) is 64.8 cm³/mol. The number of pyridine rings is 1. The fraction of sp³-hybridized carbons (Fsp3) is 0.143. The van der Waals surface area contributed by atoms with Gasteiger partial charge in [-0.2, -0.15) is 0 Å². The molecule has 1 aromatic heterocycles. The molecule has 0 aromatic carbocycles. The van der Waals surface area contributed by atoms with Crippen LogP contribution in [0.4, 0.5) is 8.78 Å². The molecule has 0 amide bonds. The Hall–Kier alpha value is 0.430. The molecule has 0 atom stereocenters. The zero-order chi connectivity index (χ0) is 10.9. The molecule has 0 fully saturated rings. The van der Waals surface area contributed by atoms with Gasteiger partial charge in [0.15, 0.2) is 0 Å². The van der Waals surface area contributed by atoms with Crippen LogP contribution in [0, 0.1) is 7.27 Å². The van der Waals surface area contributed by atoms with E-state index in [9.17, 15) is 13.6 Å². The Balaban J connectivity index is 3.32. The van der Waals surface area contributed by atoms with Crippen LogP contribution in [-0.4, -0.2) is 10.2 Å². The van der Waals surface area contributed by atoms with Crippen molar-refractivity contribution in [3.05, 3.63) is 24.6 Å². The summed E-state index contributed by atoms with van der Waals surface area (Å²) in [4.78, 5) is 14.4. The predicted octanol–water partition coefficient (Wildman–Crippen LogP) is 3.61. The second kappa shape index (κ2) is 4.97. The van der Waals surface area contributed by atoms with Gasteiger partial charge in [0.25, 0.3) is 11.7 Å². The van der Waals surface area contributed by atoms with Gasteiger partial charge in [-0.05, 0) is 62.8 Å². The van der Waals surface area contributed by atoms with E-state index >= 15 is 0 Å². The molecule has 1 rings (SSSR count). The first kappa shape index (κ1) is 12.5. The second-order valence-corrected chi connectivity index (χ2v) is 4.80. The maximum Gasteiger partial charge on any atom is 0.270 e. The zero-order valence-electron chi connectivity index (χ0n) is 6.40. The van der Waals surface area contributed by atoms with E-state index in [1.165, 1.54) is 6.07 Å². The fourth-order valence-corrected chi connectivity index (χ4v) is 2.97. The van der Waals surface area contributed by atoms with Gasteiger partial charge in [-0.3, -0.25) is 4.79 Å². The van der Waals surface area contributed by atoms with Crippen LogP contribution in [-0.2, 0) is 0 Å². The molecule has 0 bridgehead atoms. The summed E-state index contributed by atoms with van der Waals surface area (Å²) >= 11 is 8.56. The maximum absolute atomic E-state index is 12.5. The second-order valence-electron chi connectivity index (χ2n) is 2.27. The van der Waals surface area contributed by atoms with Crippen molar-refractivity contribution in [1.29, 1.82) is 0 Å². The van der Waals surface area contributed by atoms with Crippen LogP contribution in [0.3, 0.4) is 0 Å². The van der Waals surface area contributed by atoms with Gasteiger partial charge < -0.3 is 0 Å². The lowest BCUT2D eigenvalue weighted by Crippen LogP contribution is -2.03. The average molecular weight is 443 g/mol. The van der Waals surface area contributed by atoms with Gasteiger partial charge in [0.2, 0.25) is 0 Å². The number of carbonyl (C=O) groups excluding carboxylic acids is 1. The summed E-state index contributed by atoms with van der Waals surface area (Å²) in [6.45, 7) is 0. The van der Waals surface area contributed by atoms with E-state index in [-0.39, 0.29) is 15.0 Å². The van der Waals surface area contributed by atoms with Crippen molar-refractivity contribution in [2.45, 2.75) is 6.43 Å². The molecule has 14 heavy (non-hydrogen) atoms. The van der Waals surface area contributed by atoms with Crippen molar-refractivity contribution in [2.75, 3.05) is 0 Å². The lowest BCUT2D eigenvalue weighted by atomic mass is 10.2. The van der Waals surface area contributed by atoms with E-state index in [0.717, 1.165) is 0 Å². The van der Waals surface area contributed by atoms with Crippen LogP contribution < -0.4 is 0 Å². The van der Waals surface area contributed by atoms with Crippen molar-refractivity contribution in [3.8, 4) is 0 Å². The van der Waals surface area contributed by atoms with E-state index in [4.69, 9.17) is 11.6 Å². The first-order valence-corrected chi connectivity index (χ1v) is 5.81. The fourth-order valence-electron chi connectivity index (χ4n) is 0.790. The molecule has 0 radical (unpaired) electrons. The first-order valence-electron chi connectivity index (χ1n) is 3.27. The van der Waals surface area contributed by atoms with Crippen LogP contribution >= 0.6 is 56.8 Å². The highest BCUT2D eigenvalue weighted by molar-refractivity contribution is 14.1. The molecule has 1 heterocycles. The Labute approximate surface area is 111 Å². The van der Waals surface area contributed by atoms with Gasteiger partial charge in [-0.15, -0.1) is 0 Å². The zero-order valence-corrected chi connectivity index (χ0v) is 11.5. The van der Waals surface area contributed by atoms with Crippen molar-refractivity contribution in [3.63, 3.8) is 0 Å². The minimum absolute atomic E-state index is 0.00938. The number of rotatable bonds is 2. The summed E-state index contributed by atoms with van der Waals surface area (Å²) in [5.74, 6) is 0. The van der Waals surface area contributed by atoms with E-state index in [2.05, 4.69) is 4.98 Å². The third-order valence-corrected chi connectivity index (χ3v) is 3.29. The average Bonchev–Trinajstić information content (AvgIpc) is 2.01. The molecule has 7 heteroatoms. The molecular weight excluding hydrogens is 441 g/mol. The SMILES string of the molecule is O=C(Cl)c1cc(I)c(C(F)F)c(I)n1. The van der Waals surface area contributed by atoms with Gasteiger partial charge in [0.1, 0.15) is 9.39 Å². The number of hydrogen-bond acceptors (Lipinski definition) is 2. The summed E-state index contributed by atoms with van der Waals surface area (Å²) < 4.78 is 25.3. The molecule has 0 spiro atoms. The van der Waals surface area contributed by atoms with Crippen molar-refractivity contribution in [2.24, 2.45) is 0 Å². The van der Waals surface area contributed by atoms with Crippen molar-refractivity contribution >= 4 is 62.0 Å². The highest BCUT2D eigenvalue weighted by Crippen LogP contribution is 2.28. The van der Waals surface area contributed by atoms with Crippen LogP contribution in [0.2, 0.25) is 0 Å². The molecule has 1 aromatic rings. The van der Waals surface area contributed by atoms with Gasteiger partial charge in [-0.1, -0.05) is 0 Å². The number of halogens is 5. The highest BCUT2D eigenvalue weighted by atomic mass is 127. The Morgan fingerprint density at radius 3 is 2.43 bits per heavy atom. The third kappa shape index (κ3) is 2.72. The van der Waals surface area contributed by atoms with Crippen LogP contribution in [0.5, 0.6) is 0 Å². The topological polar surface area (TPSA) is 30.0 Å². The van der Waals surface area contributed by atoms with Crippen LogP contribution in [0.15, 0.2) is 6.07 Å². The van der Waals surface area contributed by atoms with Gasteiger partial charge in [-0.25, -0.2) is 13.8 Å². The minimum atomic E-state index is -2.60. The molecule has 0 N–H and O–H groups in total. The summed E-state index contributed by atoms with van der Waals surface area (Å²) in [6.07, 6.45) is -2.60. The Bertz CT molecular complexity index is 363. The monoisotopic (exact) mass is 443 g/mol. The van der Waals surface area contributed by atoms with E-state index in [1.807, 2.05) is 0 Å². The molecule has 76 valence electrons. The third-order valence-electron chi connectivity index (χ3n) is 1.38. The van der Waals surface area contributed by atoms with Crippen molar-refractivity contribution < 1.29 is 13.6 Å². The summed E-state index contributed by atoms with van der Waals surface area (Å²) in [7, 11) is 0. The summed E-state index contributed by atoms with van der Waals surface area (Å²) in [5.41, 5.74) is -0.169. The Morgan fingerprint density at radius 1 is 1.50 bits per heavy atom. The number of carbonyl (C=O) groups is 1. The maximum atomic E-state index is 12.5. The summed E-state index contributed by atoms with van der Waals surface area (Å²) in [5, 5.41) is -0.748. The Kier molecular flexibility index (Phi) is 4.44. The lowest BCUT2D eigenvalue weighted by Gasteiger charge is -2.06. The first-order chi connectivity index (χ1) is 6.43. The number of alkyl halides is 2. The van der Waals surface area contributed by atoms with E-state index in [0.29, 0.717) is 3.57 Å². The quantitative estimate of drug-likeness (QED) is 0.397. The van der Waals surface area contributed by atoms with E-state index < -0.39 is 11.7 Å². The number of nitrogens with zero attached hydrogens (tertiary/aromatic N) is 1. The highest BCUT2D eigenvalue weighted by Gasteiger charge is 2.19. The molecule has 0 aliphatic rings. The van der Waals surface area contributed by atoms with Gasteiger partial charge in [0, 0.05) is 3.57 Å². The molecular formula is C7H2ClF2I2NO. The van der Waals surface area contributed by atoms with Gasteiger partial charge in [0.05, 0.1) is 5.56 Å². The molecule has 0 saturated heterocycles. The summed E-state index contributed by atoms with van der Waals surface area (Å²) in [6, 6.07) is 1.25. The van der Waals surface area contributed by atoms with Crippen LogP contribution in [0.25, 0.3) is 0 Å². The molecule has 0 unspecified atom stereocenters. The number of hydrogen-bond donors (Lipinski definition) is 0. The molecule has 0 saturated carbocycles. The van der Waals surface area contributed by atoms with E-state index in [1.54, 1.807) is 45.2 Å². The Morgan fingerprint density at radius 2 is 2.07 bits per heavy atom. The number of aromatic nitrogens is 1. The van der Waals surface area contributed by atoms with Crippen molar-refractivity contribution in [1.82, 2.24) is 4.98 Å². The standard InChI is InChI=1S/C7H2ClF2I2NO/c8-5(14)3-1-2(11)4(6(9)10)7(12)13-3/h1,6H. The molecule has 2 nitrogen and oxygen atoms in total. The normalized spacial score (nSPS) is 10.7. The van der Waals surface area contributed by atoms with Gasteiger partial charge >= 0.3 is 0 Å². The largest absolute Gasteiger partial charge is 0.274 e.